The molecule has 2 amide bonds. The van der Waals surface area contributed by atoms with Crippen LogP contribution >= 0.6 is 31.9 Å². The number of nitrogens with one attached hydrogen (secondary N) is 2. The fourth-order valence-electron chi connectivity index (χ4n) is 1.53. The van der Waals surface area contributed by atoms with Gasteiger partial charge in [-0.2, -0.15) is 0 Å². The second-order valence-electron chi connectivity index (χ2n) is 5.36. The standard InChI is InChI=1S/C13H16Br2N2O3/c1-13(2,3)10(11(18)19)17-12(20)16-9-5-4-7(14)6-8(9)15/h4-6,10H,1-3H3,(H,18,19)(H2,16,17,20)/t10-/m0/s1. The molecule has 0 unspecified atom stereocenters. The highest BCUT2D eigenvalue weighted by Gasteiger charge is 2.32. The maximum atomic E-state index is 11.9. The number of carbonyl (C=O) groups is 2. The van der Waals surface area contributed by atoms with Crippen LogP contribution in [0.25, 0.3) is 0 Å². The van der Waals surface area contributed by atoms with Crippen LogP contribution in [0, 0.1) is 5.41 Å². The number of rotatable bonds is 3. The van der Waals surface area contributed by atoms with Crippen molar-refractivity contribution in [1.29, 1.82) is 0 Å². The summed E-state index contributed by atoms with van der Waals surface area (Å²) < 4.78 is 1.57. The highest BCUT2D eigenvalue weighted by Crippen LogP contribution is 2.26. The van der Waals surface area contributed by atoms with Crippen LogP contribution < -0.4 is 10.6 Å². The van der Waals surface area contributed by atoms with Crippen LogP contribution in [-0.2, 0) is 4.79 Å². The topological polar surface area (TPSA) is 78.4 Å². The van der Waals surface area contributed by atoms with Crippen molar-refractivity contribution in [2.24, 2.45) is 5.41 Å². The second-order valence-corrected chi connectivity index (χ2v) is 7.13. The molecule has 0 aliphatic rings. The van der Waals surface area contributed by atoms with Crippen LogP contribution in [0.4, 0.5) is 10.5 Å². The third kappa shape index (κ3) is 4.79. The summed E-state index contributed by atoms with van der Waals surface area (Å²) in [5.41, 5.74) is -0.0242. The van der Waals surface area contributed by atoms with E-state index < -0.39 is 23.5 Å². The Hall–Kier alpha value is -1.08. The van der Waals surface area contributed by atoms with E-state index in [0.29, 0.717) is 10.2 Å². The van der Waals surface area contributed by atoms with Crippen LogP contribution in [0.2, 0.25) is 0 Å². The molecule has 5 nitrogen and oxygen atoms in total. The third-order valence-corrected chi connectivity index (χ3v) is 3.72. The molecule has 0 aliphatic heterocycles. The van der Waals surface area contributed by atoms with E-state index in [1.807, 2.05) is 0 Å². The van der Waals surface area contributed by atoms with Gasteiger partial charge in [-0.05, 0) is 39.5 Å². The first-order valence-electron chi connectivity index (χ1n) is 5.86. The average Bonchev–Trinajstić information content (AvgIpc) is 2.28. The largest absolute Gasteiger partial charge is 0.480 e. The molecule has 0 bridgehead atoms. The quantitative estimate of drug-likeness (QED) is 0.712. The lowest BCUT2D eigenvalue weighted by Gasteiger charge is -2.27. The first-order chi connectivity index (χ1) is 9.11. The van der Waals surface area contributed by atoms with Crippen LogP contribution in [0.3, 0.4) is 0 Å². The Morgan fingerprint density at radius 3 is 2.30 bits per heavy atom. The fourth-order valence-corrected chi connectivity index (χ4v) is 2.68. The number of hydrogen-bond acceptors (Lipinski definition) is 2. The minimum absolute atomic E-state index is 0.559. The predicted octanol–water partition coefficient (Wildman–Crippen LogP) is 3.83. The first kappa shape index (κ1) is 17.0. The maximum Gasteiger partial charge on any atom is 0.326 e. The van der Waals surface area contributed by atoms with Crippen LogP contribution in [0.5, 0.6) is 0 Å². The minimum atomic E-state index is -1.07. The van der Waals surface area contributed by atoms with E-state index in [1.165, 1.54) is 0 Å². The predicted molar refractivity (Wildman–Crippen MR) is 84.9 cm³/mol. The van der Waals surface area contributed by atoms with E-state index in [0.717, 1.165) is 4.47 Å². The van der Waals surface area contributed by atoms with Crippen molar-refractivity contribution in [3.05, 3.63) is 27.1 Å². The Morgan fingerprint density at radius 1 is 1.25 bits per heavy atom. The molecule has 7 heteroatoms. The van der Waals surface area contributed by atoms with Gasteiger partial charge < -0.3 is 15.7 Å². The lowest BCUT2D eigenvalue weighted by molar-refractivity contribution is -0.141. The monoisotopic (exact) mass is 406 g/mol. The van der Waals surface area contributed by atoms with Crippen molar-refractivity contribution in [3.63, 3.8) is 0 Å². The summed E-state index contributed by atoms with van der Waals surface area (Å²) in [5, 5.41) is 14.2. The number of hydrogen-bond donors (Lipinski definition) is 3. The Labute approximate surface area is 134 Å². The van der Waals surface area contributed by atoms with Gasteiger partial charge in [0.05, 0.1) is 5.69 Å². The van der Waals surface area contributed by atoms with Gasteiger partial charge in [0.1, 0.15) is 6.04 Å². The summed E-state index contributed by atoms with van der Waals surface area (Å²) in [7, 11) is 0. The van der Waals surface area contributed by atoms with Crippen molar-refractivity contribution in [2.45, 2.75) is 26.8 Å². The van der Waals surface area contributed by atoms with Crippen molar-refractivity contribution < 1.29 is 14.7 Å². The van der Waals surface area contributed by atoms with Gasteiger partial charge in [-0.25, -0.2) is 9.59 Å². The first-order valence-corrected chi connectivity index (χ1v) is 7.45. The van der Waals surface area contributed by atoms with Crippen molar-refractivity contribution >= 4 is 49.5 Å². The number of halogens is 2. The number of amides is 2. The lowest BCUT2D eigenvalue weighted by atomic mass is 9.87. The summed E-state index contributed by atoms with van der Waals surface area (Å²) in [5.74, 6) is -1.07. The third-order valence-electron chi connectivity index (χ3n) is 2.57. The number of benzene rings is 1. The highest BCUT2D eigenvalue weighted by molar-refractivity contribution is 9.11. The van der Waals surface area contributed by atoms with Gasteiger partial charge in [0.15, 0.2) is 0 Å². The smallest absolute Gasteiger partial charge is 0.326 e. The number of carbonyl (C=O) groups excluding carboxylic acids is 1. The molecule has 0 saturated heterocycles. The molecule has 0 saturated carbocycles. The normalized spacial score (nSPS) is 12.7. The Balaban J connectivity index is 2.79. The van der Waals surface area contributed by atoms with Gasteiger partial charge in [-0.1, -0.05) is 36.7 Å². The molecule has 1 rings (SSSR count). The van der Waals surface area contributed by atoms with Gasteiger partial charge in [0.2, 0.25) is 0 Å². The summed E-state index contributed by atoms with van der Waals surface area (Å²) in [6.07, 6.45) is 0. The van der Waals surface area contributed by atoms with Gasteiger partial charge in [0.25, 0.3) is 0 Å². The SMILES string of the molecule is CC(C)(C)[C@@H](NC(=O)Nc1ccc(Br)cc1Br)C(=O)O. The summed E-state index contributed by atoms with van der Waals surface area (Å²) in [6, 6.07) is 3.74. The molecule has 110 valence electrons. The number of urea groups is 1. The summed E-state index contributed by atoms with van der Waals surface area (Å²) in [4.78, 5) is 23.1. The zero-order chi connectivity index (χ0) is 15.5. The zero-order valence-corrected chi connectivity index (χ0v) is 14.5. The molecule has 1 aromatic rings. The molecule has 3 N–H and O–H groups in total. The lowest BCUT2D eigenvalue weighted by Crippen LogP contribution is -2.50. The van der Waals surface area contributed by atoms with E-state index >= 15 is 0 Å². The van der Waals surface area contributed by atoms with Crippen molar-refractivity contribution in [2.75, 3.05) is 5.32 Å². The molecule has 0 fully saturated rings. The second kappa shape index (κ2) is 6.58. The molecule has 1 atom stereocenters. The van der Waals surface area contributed by atoms with E-state index in [2.05, 4.69) is 42.5 Å². The maximum absolute atomic E-state index is 11.9. The number of carboxylic acid groups (broad SMARTS) is 1. The average molecular weight is 408 g/mol. The Kier molecular flexibility index (Phi) is 5.59. The molecule has 0 aromatic heterocycles. The molecular weight excluding hydrogens is 392 g/mol. The Bertz CT molecular complexity index is 527. The van der Waals surface area contributed by atoms with Gasteiger partial charge in [0, 0.05) is 8.95 Å². The molecule has 0 aliphatic carbocycles. The zero-order valence-electron chi connectivity index (χ0n) is 11.3. The molecule has 0 heterocycles. The van der Waals surface area contributed by atoms with Crippen LogP contribution in [-0.4, -0.2) is 23.1 Å². The molecule has 1 aromatic carbocycles. The van der Waals surface area contributed by atoms with Gasteiger partial charge in [-0.3, -0.25) is 0 Å². The van der Waals surface area contributed by atoms with Crippen molar-refractivity contribution in [3.8, 4) is 0 Å². The minimum Gasteiger partial charge on any atom is -0.480 e. The summed E-state index contributed by atoms with van der Waals surface area (Å²) >= 11 is 6.63. The van der Waals surface area contributed by atoms with Gasteiger partial charge in [-0.15, -0.1) is 0 Å². The van der Waals surface area contributed by atoms with Crippen LogP contribution in [0.15, 0.2) is 27.1 Å². The number of aliphatic carboxylic acids is 1. The molecule has 0 spiro atoms. The van der Waals surface area contributed by atoms with E-state index in [9.17, 15) is 9.59 Å². The van der Waals surface area contributed by atoms with E-state index in [1.54, 1.807) is 39.0 Å². The highest BCUT2D eigenvalue weighted by atomic mass is 79.9. The number of anilines is 1. The molecule has 20 heavy (non-hydrogen) atoms. The van der Waals surface area contributed by atoms with Gasteiger partial charge >= 0.3 is 12.0 Å². The molecular formula is C13H16Br2N2O3. The van der Waals surface area contributed by atoms with E-state index in [-0.39, 0.29) is 0 Å². The Morgan fingerprint density at radius 2 is 1.85 bits per heavy atom. The number of carboxylic acids is 1. The fraction of sp³-hybridized carbons (Fsp3) is 0.385. The summed E-state index contributed by atoms with van der Waals surface area (Å²) in [6.45, 7) is 5.25. The molecule has 0 radical (unpaired) electrons. The van der Waals surface area contributed by atoms with E-state index in [4.69, 9.17) is 5.11 Å². The van der Waals surface area contributed by atoms with Crippen LogP contribution in [0.1, 0.15) is 20.8 Å². The van der Waals surface area contributed by atoms with Crippen molar-refractivity contribution in [1.82, 2.24) is 5.32 Å².